The summed E-state index contributed by atoms with van der Waals surface area (Å²) in [5, 5.41) is 0.790. The summed E-state index contributed by atoms with van der Waals surface area (Å²) in [6.07, 6.45) is 0.770. The van der Waals surface area contributed by atoms with Crippen LogP contribution in [0.5, 0.6) is 5.75 Å². The molecule has 126 valence electrons. The van der Waals surface area contributed by atoms with Crippen LogP contribution >= 0.6 is 15.9 Å². The van der Waals surface area contributed by atoms with E-state index in [0.717, 1.165) is 30.6 Å². The minimum atomic E-state index is -0.0370. The largest absolute Gasteiger partial charge is 0.493 e. The predicted octanol–water partition coefficient (Wildman–Crippen LogP) is 4.48. The van der Waals surface area contributed by atoms with Crippen molar-refractivity contribution < 1.29 is 19.0 Å². The van der Waals surface area contributed by atoms with Gasteiger partial charge in [0.25, 0.3) is 0 Å². The van der Waals surface area contributed by atoms with Gasteiger partial charge in [0.2, 0.25) is 0 Å². The van der Waals surface area contributed by atoms with Gasteiger partial charge in [-0.1, -0.05) is 28.1 Å². The molecule has 0 aliphatic carbocycles. The number of carbonyl (C=O) groups is 1. The van der Waals surface area contributed by atoms with Gasteiger partial charge in [0.15, 0.2) is 6.29 Å². The van der Waals surface area contributed by atoms with Gasteiger partial charge in [-0.25, -0.2) is 0 Å². The zero-order chi connectivity index (χ0) is 17.2. The topological polar surface area (TPSA) is 44.8 Å². The Morgan fingerprint density at radius 1 is 1.23 bits per heavy atom. The first-order valence-corrected chi connectivity index (χ1v) is 8.27. The van der Waals surface area contributed by atoms with Crippen molar-refractivity contribution in [1.82, 2.24) is 0 Å². The summed E-state index contributed by atoms with van der Waals surface area (Å²) in [6, 6.07) is 7.09. The lowest BCUT2D eigenvalue weighted by Crippen LogP contribution is -2.11. The molecule has 0 bridgehead atoms. The smallest absolute Gasteiger partial charge is 0.154 e. The van der Waals surface area contributed by atoms with Crippen molar-refractivity contribution in [1.29, 1.82) is 0 Å². The SMILES string of the molecule is C=C.CCOC(C)OCC.O=Cc1cccc(OCCBr)c1. The standard InChI is InChI=1S/C9H9BrO2.C6H14O2.C2H4/c10-4-5-12-9-3-1-2-8(6-9)7-11;1-4-7-6(3)8-5-2;1-2/h1-3,6-7H,4-5H2;6H,4-5H2,1-3H3;1-2H2. The lowest BCUT2D eigenvalue weighted by Gasteiger charge is -2.09. The van der Waals surface area contributed by atoms with Gasteiger partial charge in [-0.2, -0.15) is 0 Å². The van der Waals surface area contributed by atoms with Crippen molar-refractivity contribution >= 4 is 22.2 Å². The van der Waals surface area contributed by atoms with E-state index >= 15 is 0 Å². The third-order valence-electron chi connectivity index (χ3n) is 2.14. The Morgan fingerprint density at radius 2 is 1.82 bits per heavy atom. The molecule has 0 amide bonds. The Balaban J connectivity index is 0. The number of benzene rings is 1. The molecule has 0 saturated heterocycles. The second kappa shape index (κ2) is 17.9. The number of alkyl halides is 1. The van der Waals surface area contributed by atoms with E-state index in [1.54, 1.807) is 18.2 Å². The molecule has 5 heteroatoms. The molecule has 0 unspecified atom stereocenters. The van der Waals surface area contributed by atoms with Crippen LogP contribution in [0.2, 0.25) is 0 Å². The minimum absolute atomic E-state index is 0.0370. The fraction of sp³-hybridized carbons (Fsp3) is 0.471. The molecule has 0 atom stereocenters. The highest BCUT2D eigenvalue weighted by molar-refractivity contribution is 9.09. The van der Waals surface area contributed by atoms with Crippen LogP contribution in [0, 0.1) is 0 Å². The highest BCUT2D eigenvalue weighted by atomic mass is 79.9. The predicted molar refractivity (Wildman–Crippen MR) is 95.1 cm³/mol. The second-order valence-electron chi connectivity index (χ2n) is 3.71. The van der Waals surface area contributed by atoms with Crippen LogP contribution in [0.15, 0.2) is 37.4 Å². The molecule has 1 rings (SSSR count). The van der Waals surface area contributed by atoms with Gasteiger partial charge < -0.3 is 14.2 Å². The Hall–Kier alpha value is -1.17. The van der Waals surface area contributed by atoms with E-state index in [4.69, 9.17) is 14.2 Å². The average molecular weight is 375 g/mol. The number of halogens is 1. The summed E-state index contributed by atoms with van der Waals surface area (Å²) in [6.45, 7) is 13.9. The maximum absolute atomic E-state index is 10.4. The second-order valence-corrected chi connectivity index (χ2v) is 4.50. The highest BCUT2D eigenvalue weighted by Gasteiger charge is 1.95. The Morgan fingerprint density at radius 3 is 2.27 bits per heavy atom. The van der Waals surface area contributed by atoms with Gasteiger partial charge in [0.05, 0.1) is 6.61 Å². The molecule has 0 saturated carbocycles. The van der Waals surface area contributed by atoms with Gasteiger partial charge in [-0.15, -0.1) is 13.2 Å². The number of aldehydes is 1. The molecule has 0 fully saturated rings. The molecule has 0 spiro atoms. The van der Waals surface area contributed by atoms with Crippen LogP contribution in [-0.2, 0) is 9.47 Å². The number of hydrogen-bond donors (Lipinski definition) is 0. The van der Waals surface area contributed by atoms with Crippen molar-refractivity contribution in [2.45, 2.75) is 27.1 Å². The molecule has 0 radical (unpaired) electrons. The minimum Gasteiger partial charge on any atom is -0.493 e. The van der Waals surface area contributed by atoms with Gasteiger partial charge in [0.1, 0.15) is 12.0 Å². The van der Waals surface area contributed by atoms with Crippen molar-refractivity contribution in [3.8, 4) is 5.75 Å². The van der Waals surface area contributed by atoms with Crippen molar-refractivity contribution in [3.05, 3.63) is 43.0 Å². The summed E-state index contributed by atoms with van der Waals surface area (Å²) >= 11 is 3.25. The first-order chi connectivity index (χ1) is 10.7. The van der Waals surface area contributed by atoms with E-state index < -0.39 is 0 Å². The lowest BCUT2D eigenvalue weighted by atomic mass is 10.2. The Bertz CT molecular complexity index is 365. The monoisotopic (exact) mass is 374 g/mol. The molecule has 22 heavy (non-hydrogen) atoms. The Labute approximate surface area is 142 Å². The lowest BCUT2D eigenvalue weighted by molar-refractivity contribution is -0.123. The third kappa shape index (κ3) is 13.8. The number of carbonyl (C=O) groups excluding carboxylic acids is 1. The fourth-order valence-corrected chi connectivity index (χ4v) is 1.51. The first kappa shape index (κ1) is 23.1. The molecule has 0 heterocycles. The van der Waals surface area contributed by atoms with Crippen molar-refractivity contribution in [2.24, 2.45) is 0 Å². The van der Waals surface area contributed by atoms with Gasteiger partial charge in [-0.05, 0) is 32.9 Å². The zero-order valence-electron chi connectivity index (χ0n) is 13.7. The number of rotatable bonds is 8. The maximum Gasteiger partial charge on any atom is 0.154 e. The molecule has 4 nitrogen and oxygen atoms in total. The summed E-state index contributed by atoms with van der Waals surface area (Å²) in [5.74, 6) is 0.735. The Kier molecular flexibility index (Phi) is 18.8. The van der Waals surface area contributed by atoms with Crippen molar-refractivity contribution in [3.63, 3.8) is 0 Å². The zero-order valence-corrected chi connectivity index (χ0v) is 15.3. The normalized spacial score (nSPS) is 9.14. The number of ether oxygens (including phenoxy) is 3. The third-order valence-corrected chi connectivity index (χ3v) is 2.47. The van der Waals surface area contributed by atoms with Crippen LogP contribution in [0.1, 0.15) is 31.1 Å². The van der Waals surface area contributed by atoms with Crippen LogP contribution in [0.3, 0.4) is 0 Å². The van der Waals surface area contributed by atoms with Crippen molar-refractivity contribution in [2.75, 3.05) is 25.2 Å². The van der Waals surface area contributed by atoms with Gasteiger partial charge >= 0.3 is 0 Å². The van der Waals surface area contributed by atoms with E-state index in [2.05, 4.69) is 29.1 Å². The summed E-state index contributed by atoms with van der Waals surface area (Å²) in [5.41, 5.74) is 0.641. The molecular weight excluding hydrogens is 348 g/mol. The molecule has 1 aromatic rings. The molecule has 0 N–H and O–H groups in total. The summed E-state index contributed by atoms with van der Waals surface area (Å²) < 4.78 is 15.4. The summed E-state index contributed by atoms with van der Waals surface area (Å²) in [4.78, 5) is 10.4. The maximum atomic E-state index is 10.4. The van der Waals surface area contributed by atoms with E-state index in [0.29, 0.717) is 12.2 Å². The number of hydrogen-bond acceptors (Lipinski definition) is 4. The molecular formula is C17H27BrO4. The molecule has 1 aromatic carbocycles. The molecule has 0 aliphatic rings. The molecule has 0 aliphatic heterocycles. The van der Waals surface area contributed by atoms with E-state index in [1.807, 2.05) is 26.8 Å². The summed E-state index contributed by atoms with van der Waals surface area (Å²) in [7, 11) is 0. The average Bonchev–Trinajstić information content (AvgIpc) is 2.56. The first-order valence-electron chi connectivity index (χ1n) is 7.15. The van der Waals surface area contributed by atoms with Gasteiger partial charge in [0, 0.05) is 24.1 Å². The van der Waals surface area contributed by atoms with Crippen LogP contribution in [0.25, 0.3) is 0 Å². The van der Waals surface area contributed by atoms with Crippen LogP contribution in [0.4, 0.5) is 0 Å². The quantitative estimate of drug-likeness (QED) is 0.291. The van der Waals surface area contributed by atoms with Crippen LogP contribution < -0.4 is 4.74 Å². The highest BCUT2D eigenvalue weighted by Crippen LogP contribution is 2.11. The fourth-order valence-electron chi connectivity index (χ4n) is 1.35. The van der Waals surface area contributed by atoms with E-state index in [9.17, 15) is 4.79 Å². The van der Waals surface area contributed by atoms with E-state index in [1.165, 1.54) is 0 Å². The van der Waals surface area contributed by atoms with Crippen LogP contribution in [-0.4, -0.2) is 37.7 Å². The van der Waals surface area contributed by atoms with Gasteiger partial charge in [-0.3, -0.25) is 4.79 Å². The van der Waals surface area contributed by atoms with E-state index in [-0.39, 0.29) is 6.29 Å². The molecule has 0 aromatic heterocycles.